The van der Waals surface area contributed by atoms with Crippen LogP contribution in [0.4, 0.5) is 4.79 Å². The van der Waals surface area contributed by atoms with Gasteiger partial charge in [0.15, 0.2) is 0 Å². The molecule has 2 aromatic carbocycles. The second-order valence-corrected chi connectivity index (χ2v) is 4.94. The Morgan fingerprint density at radius 1 is 1.13 bits per heavy atom. The number of hydrogen-bond acceptors (Lipinski definition) is 3. The van der Waals surface area contributed by atoms with Crippen molar-refractivity contribution < 1.29 is 14.6 Å². The molecular formula is C18H20N2O3. The molecule has 0 aliphatic heterocycles. The fraction of sp³-hybridized carbons (Fsp3) is 0.222. The van der Waals surface area contributed by atoms with Gasteiger partial charge in [-0.15, -0.1) is 0 Å². The number of benzene rings is 2. The molecule has 5 heteroatoms. The van der Waals surface area contributed by atoms with Crippen LogP contribution < -0.4 is 4.74 Å². The zero-order chi connectivity index (χ0) is 16.7. The van der Waals surface area contributed by atoms with Crippen molar-refractivity contribution in [2.45, 2.75) is 13.3 Å². The first-order valence-corrected chi connectivity index (χ1v) is 7.40. The van der Waals surface area contributed by atoms with E-state index < -0.39 is 6.09 Å². The minimum absolute atomic E-state index is 0.295. The normalized spacial score (nSPS) is 11.1. The summed E-state index contributed by atoms with van der Waals surface area (Å²) < 4.78 is 5.16. The zero-order valence-electron chi connectivity index (χ0n) is 13.3. The molecule has 2 rings (SSSR count). The summed E-state index contributed by atoms with van der Waals surface area (Å²) in [6.45, 7) is 2.05. The Hall–Kier alpha value is -2.82. The van der Waals surface area contributed by atoms with Gasteiger partial charge in [-0.25, -0.2) is 4.79 Å². The lowest BCUT2D eigenvalue weighted by Crippen LogP contribution is -2.26. The van der Waals surface area contributed by atoms with Crippen molar-refractivity contribution in [3.05, 3.63) is 65.7 Å². The van der Waals surface area contributed by atoms with Gasteiger partial charge < -0.3 is 9.84 Å². The molecule has 0 radical (unpaired) electrons. The van der Waals surface area contributed by atoms with Crippen LogP contribution in [0.3, 0.4) is 0 Å². The van der Waals surface area contributed by atoms with E-state index in [1.54, 1.807) is 14.0 Å². The summed E-state index contributed by atoms with van der Waals surface area (Å²) >= 11 is 0. The van der Waals surface area contributed by atoms with Gasteiger partial charge in [-0.1, -0.05) is 30.3 Å². The average molecular weight is 312 g/mol. The number of methoxy groups -OCH3 is 1. The van der Waals surface area contributed by atoms with Gasteiger partial charge in [-0.2, -0.15) is 10.1 Å². The molecule has 0 unspecified atom stereocenters. The first kappa shape index (κ1) is 16.5. The molecular weight excluding hydrogens is 292 g/mol. The highest BCUT2D eigenvalue weighted by Gasteiger charge is 2.12. The molecule has 1 N–H and O–H groups in total. The third-order valence-electron chi connectivity index (χ3n) is 3.40. The van der Waals surface area contributed by atoms with E-state index in [0.717, 1.165) is 21.9 Å². The van der Waals surface area contributed by atoms with Crippen LogP contribution in [0, 0.1) is 0 Å². The van der Waals surface area contributed by atoms with Gasteiger partial charge in [0.05, 0.1) is 12.8 Å². The van der Waals surface area contributed by atoms with E-state index in [9.17, 15) is 9.90 Å². The maximum Gasteiger partial charge on any atom is 0.427 e. The Balaban J connectivity index is 2.37. The number of ether oxygens (including phenoxy) is 1. The number of nitrogens with zero attached hydrogens (tertiary/aromatic N) is 2. The highest BCUT2D eigenvalue weighted by atomic mass is 16.5. The molecule has 0 saturated carbocycles. The second-order valence-electron chi connectivity index (χ2n) is 4.94. The summed E-state index contributed by atoms with van der Waals surface area (Å²) in [4.78, 5) is 11.2. The van der Waals surface area contributed by atoms with Crippen molar-refractivity contribution in [2.75, 3.05) is 13.7 Å². The number of carbonyl (C=O) groups is 1. The molecule has 23 heavy (non-hydrogen) atoms. The van der Waals surface area contributed by atoms with Crippen LogP contribution in [0.25, 0.3) is 0 Å². The van der Waals surface area contributed by atoms with Crippen LogP contribution in [0.2, 0.25) is 0 Å². The fourth-order valence-electron chi connectivity index (χ4n) is 2.16. The first-order chi connectivity index (χ1) is 11.1. The molecule has 0 spiro atoms. The Kier molecular flexibility index (Phi) is 5.74. The summed E-state index contributed by atoms with van der Waals surface area (Å²) in [5, 5.41) is 14.6. The highest BCUT2D eigenvalue weighted by molar-refractivity contribution is 6.02. The summed E-state index contributed by atoms with van der Waals surface area (Å²) in [7, 11) is 1.61. The Morgan fingerprint density at radius 3 is 2.30 bits per heavy atom. The van der Waals surface area contributed by atoms with Gasteiger partial charge in [0.25, 0.3) is 0 Å². The van der Waals surface area contributed by atoms with Crippen molar-refractivity contribution in [3.63, 3.8) is 0 Å². The van der Waals surface area contributed by atoms with E-state index >= 15 is 0 Å². The standard InChI is InChI=1S/C18H20N2O3/c1-3-20(18(21)22)19-17(13-14-7-5-4-6-8-14)15-9-11-16(23-2)12-10-15/h4-12H,3,13H2,1-2H3,(H,21,22). The van der Waals surface area contributed by atoms with E-state index in [2.05, 4.69) is 5.10 Å². The van der Waals surface area contributed by atoms with Crippen molar-refractivity contribution in [2.24, 2.45) is 5.10 Å². The summed E-state index contributed by atoms with van der Waals surface area (Å²) in [5.41, 5.74) is 2.64. The quantitative estimate of drug-likeness (QED) is 0.654. The number of hydrazone groups is 1. The molecule has 0 heterocycles. The minimum Gasteiger partial charge on any atom is -0.497 e. The van der Waals surface area contributed by atoms with Gasteiger partial charge in [-0.05, 0) is 42.3 Å². The highest BCUT2D eigenvalue weighted by Crippen LogP contribution is 2.15. The largest absolute Gasteiger partial charge is 0.497 e. The smallest absolute Gasteiger partial charge is 0.427 e. The van der Waals surface area contributed by atoms with Crippen molar-refractivity contribution in [3.8, 4) is 5.75 Å². The van der Waals surface area contributed by atoms with Crippen molar-refractivity contribution in [1.82, 2.24) is 5.01 Å². The maximum atomic E-state index is 11.2. The number of carboxylic acid groups (broad SMARTS) is 1. The number of rotatable bonds is 6. The van der Waals surface area contributed by atoms with E-state index in [-0.39, 0.29) is 0 Å². The molecule has 0 atom stereocenters. The maximum absolute atomic E-state index is 11.2. The zero-order valence-corrected chi connectivity index (χ0v) is 13.3. The third-order valence-corrected chi connectivity index (χ3v) is 3.40. The Morgan fingerprint density at radius 2 is 1.78 bits per heavy atom. The van der Waals surface area contributed by atoms with Crippen LogP contribution >= 0.6 is 0 Å². The molecule has 120 valence electrons. The number of hydrogen-bond donors (Lipinski definition) is 1. The predicted molar refractivity (Wildman–Crippen MR) is 90.1 cm³/mol. The molecule has 0 bridgehead atoms. The minimum atomic E-state index is -1.06. The van der Waals surface area contributed by atoms with Crippen LogP contribution in [0.15, 0.2) is 59.7 Å². The van der Waals surface area contributed by atoms with E-state index in [1.807, 2.05) is 54.6 Å². The van der Waals surface area contributed by atoms with Crippen molar-refractivity contribution in [1.29, 1.82) is 0 Å². The lowest BCUT2D eigenvalue weighted by atomic mass is 10.0. The van der Waals surface area contributed by atoms with Gasteiger partial charge in [0.2, 0.25) is 0 Å². The number of amides is 1. The Labute approximate surface area is 135 Å². The van der Waals surface area contributed by atoms with Gasteiger partial charge >= 0.3 is 6.09 Å². The van der Waals surface area contributed by atoms with Crippen LogP contribution in [-0.4, -0.2) is 35.6 Å². The molecule has 5 nitrogen and oxygen atoms in total. The molecule has 0 aromatic heterocycles. The van der Waals surface area contributed by atoms with Crippen LogP contribution in [0.1, 0.15) is 18.1 Å². The van der Waals surface area contributed by atoms with E-state index in [1.165, 1.54) is 0 Å². The molecule has 0 fully saturated rings. The molecule has 0 saturated heterocycles. The van der Waals surface area contributed by atoms with Gasteiger partial charge in [-0.3, -0.25) is 0 Å². The third kappa shape index (κ3) is 4.57. The lowest BCUT2D eigenvalue weighted by Gasteiger charge is -2.15. The molecule has 0 aliphatic rings. The summed E-state index contributed by atoms with van der Waals surface area (Å²) in [6.07, 6.45) is -0.511. The molecule has 1 amide bonds. The van der Waals surface area contributed by atoms with Crippen molar-refractivity contribution >= 4 is 11.8 Å². The van der Waals surface area contributed by atoms with E-state index in [0.29, 0.717) is 18.7 Å². The summed E-state index contributed by atoms with van der Waals surface area (Å²) in [5.74, 6) is 0.749. The van der Waals surface area contributed by atoms with E-state index in [4.69, 9.17) is 4.74 Å². The monoisotopic (exact) mass is 312 g/mol. The molecule has 0 aliphatic carbocycles. The average Bonchev–Trinajstić information content (AvgIpc) is 2.59. The first-order valence-electron chi connectivity index (χ1n) is 7.40. The van der Waals surface area contributed by atoms with Gasteiger partial charge in [0.1, 0.15) is 5.75 Å². The van der Waals surface area contributed by atoms with Crippen LogP contribution in [0.5, 0.6) is 5.75 Å². The topological polar surface area (TPSA) is 62.1 Å². The molecule has 2 aromatic rings. The summed E-state index contributed by atoms with van der Waals surface area (Å²) in [6, 6.07) is 17.3. The second kappa shape index (κ2) is 7.98. The SMILES string of the molecule is CCN(N=C(Cc1ccccc1)c1ccc(OC)cc1)C(=O)O. The fourth-order valence-corrected chi connectivity index (χ4v) is 2.16. The lowest BCUT2D eigenvalue weighted by molar-refractivity contribution is 0.149. The van der Waals surface area contributed by atoms with Crippen LogP contribution in [-0.2, 0) is 6.42 Å². The Bertz CT molecular complexity index is 666. The predicted octanol–water partition coefficient (Wildman–Crippen LogP) is 3.64. The van der Waals surface area contributed by atoms with Gasteiger partial charge in [0, 0.05) is 13.0 Å².